The first-order valence-corrected chi connectivity index (χ1v) is 8.87. The van der Waals surface area contributed by atoms with E-state index in [0.29, 0.717) is 29.0 Å². The Labute approximate surface area is 162 Å². The van der Waals surface area contributed by atoms with Crippen molar-refractivity contribution in [2.45, 2.75) is 12.8 Å². The molecule has 0 saturated carbocycles. The summed E-state index contributed by atoms with van der Waals surface area (Å²) in [5.41, 5.74) is 1.57. The largest absolute Gasteiger partial charge is 0.493 e. The summed E-state index contributed by atoms with van der Waals surface area (Å²) in [5.74, 6) is 0.114. The lowest BCUT2D eigenvalue weighted by molar-refractivity contribution is -0.142. The molecule has 2 aromatic carbocycles. The average molecular weight is 383 g/mol. The van der Waals surface area contributed by atoms with Gasteiger partial charge in [0.15, 0.2) is 11.5 Å². The van der Waals surface area contributed by atoms with E-state index in [9.17, 15) is 14.4 Å². The average Bonchev–Trinajstić information content (AvgIpc) is 2.96. The number of methoxy groups -OCH3 is 2. The van der Waals surface area contributed by atoms with Crippen LogP contribution in [0.5, 0.6) is 11.5 Å². The van der Waals surface area contributed by atoms with Gasteiger partial charge in [-0.3, -0.25) is 19.3 Å². The minimum atomic E-state index is -0.394. The van der Waals surface area contributed by atoms with Crippen LogP contribution in [0.25, 0.3) is 0 Å². The van der Waals surface area contributed by atoms with Crippen molar-refractivity contribution < 1.29 is 28.6 Å². The predicted octanol–water partition coefficient (Wildman–Crippen LogP) is 2.48. The number of hydrogen-bond acceptors (Lipinski definition) is 6. The van der Waals surface area contributed by atoms with Crippen LogP contribution in [-0.2, 0) is 16.0 Å². The summed E-state index contributed by atoms with van der Waals surface area (Å²) in [6, 6.07) is 11.9. The van der Waals surface area contributed by atoms with E-state index in [1.807, 2.05) is 0 Å². The predicted molar refractivity (Wildman–Crippen MR) is 101 cm³/mol. The molecule has 3 rings (SSSR count). The minimum absolute atomic E-state index is 0.0906. The third kappa shape index (κ3) is 3.98. The molecule has 1 heterocycles. The second kappa shape index (κ2) is 8.56. The summed E-state index contributed by atoms with van der Waals surface area (Å²) in [4.78, 5) is 37.7. The fraction of sp³-hybridized carbons (Fsp3) is 0.286. The summed E-state index contributed by atoms with van der Waals surface area (Å²) in [5, 5.41) is 0. The van der Waals surface area contributed by atoms with E-state index in [2.05, 4.69) is 0 Å². The molecule has 0 aliphatic carbocycles. The number of carbonyl (C=O) groups excluding carboxylic acids is 3. The summed E-state index contributed by atoms with van der Waals surface area (Å²) < 4.78 is 15.6. The van der Waals surface area contributed by atoms with E-state index in [0.717, 1.165) is 5.56 Å². The van der Waals surface area contributed by atoms with Gasteiger partial charge in [-0.25, -0.2) is 0 Å². The second-order valence-electron chi connectivity index (χ2n) is 6.25. The van der Waals surface area contributed by atoms with Crippen LogP contribution >= 0.6 is 0 Å². The van der Waals surface area contributed by atoms with Gasteiger partial charge in [-0.2, -0.15) is 0 Å². The van der Waals surface area contributed by atoms with Crippen molar-refractivity contribution in [1.29, 1.82) is 0 Å². The van der Waals surface area contributed by atoms with Gasteiger partial charge < -0.3 is 14.2 Å². The quantitative estimate of drug-likeness (QED) is 0.396. The molecule has 0 unspecified atom stereocenters. The van der Waals surface area contributed by atoms with Crippen molar-refractivity contribution in [3.05, 3.63) is 59.2 Å². The summed E-state index contributed by atoms with van der Waals surface area (Å²) in [6.45, 7) is 0.329. The maximum absolute atomic E-state index is 12.3. The topological polar surface area (TPSA) is 82.1 Å². The zero-order valence-electron chi connectivity index (χ0n) is 15.8. The highest BCUT2D eigenvalue weighted by Gasteiger charge is 2.34. The van der Waals surface area contributed by atoms with Crippen molar-refractivity contribution in [2.75, 3.05) is 27.4 Å². The number of benzene rings is 2. The van der Waals surface area contributed by atoms with Crippen molar-refractivity contribution in [3.8, 4) is 11.5 Å². The van der Waals surface area contributed by atoms with E-state index < -0.39 is 5.97 Å². The third-order valence-electron chi connectivity index (χ3n) is 4.46. The molecule has 0 spiro atoms. The van der Waals surface area contributed by atoms with Crippen LogP contribution in [0.1, 0.15) is 32.7 Å². The van der Waals surface area contributed by atoms with E-state index in [1.165, 1.54) is 12.0 Å². The Morgan fingerprint density at radius 2 is 1.57 bits per heavy atom. The fourth-order valence-electron chi connectivity index (χ4n) is 3.06. The van der Waals surface area contributed by atoms with Gasteiger partial charge in [0, 0.05) is 6.54 Å². The Balaban J connectivity index is 1.46. The molecule has 1 aliphatic rings. The minimum Gasteiger partial charge on any atom is -0.493 e. The Kier molecular flexibility index (Phi) is 5.93. The number of fused-ring (bicyclic) bond motifs is 1. The normalized spacial score (nSPS) is 12.7. The Morgan fingerprint density at radius 1 is 0.929 bits per heavy atom. The van der Waals surface area contributed by atoms with Gasteiger partial charge in [0.25, 0.3) is 11.8 Å². The molecule has 0 fully saturated rings. The van der Waals surface area contributed by atoms with Gasteiger partial charge >= 0.3 is 5.97 Å². The molecule has 1 aliphatic heterocycles. The number of ether oxygens (including phenoxy) is 3. The van der Waals surface area contributed by atoms with Crippen LogP contribution < -0.4 is 9.47 Å². The molecular formula is C21H21NO6. The highest BCUT2D eigenvalue weighted by atomic mass is 16.5. The molecule has 0 saturated heterocycles. The molecular weight excluding hydrogens is 362 g/mol. The summed E-state index contributed by atoms with van der Waals surface area (Å²) >= 11 is 0. The molecule has 0 atom stereocenters. The van der Waals surface area contributed by atoms with Crippen LogP contribution in [0.4, 0.5) is 0 Å². The Hall–Kier alpha value is -3.35. The number of carbonyl (C=O) groups is 3. The number of rotatable bonds is 8. The zero-order valence-corrected chi connectivity index (χ0v) is 15.8. The van der Waals surface area contributed by atoms with Gasteiger partial charge in [-0.1, -0.05) is 18.2 Å². The first-order valence-electron chi connectivity index (χ1n) is 8.87. The molecule has 2 amide bonds. The van der Waals surface area contributed by atoms with Crippen LogP contribution in [-0.4, -0.2) is 50.1 Å². The molecule has 0 N–H and O–H groups in total. The molecule has 0 bridgehead atoms. The number of hydrogen-bond donors (Lipinski definition) is 0. The van der Waals surface area contributed by atoms with Gasteiger partial charge in [-0.05, 0) is 36.2 Å². The second-order valence-corrected chi connectivity index (χ2v) is 6.25. The van der Waals surface area contributed by atoms with Crippen molar-refractivity contribution in [2.24, 2.45) is 0 Å². The maximum Gasteiger partial charge on any atom is 0.310 e. The number of imide groups is 1. The van der Waals surface area contributed by atoms with Crippen molar-refractivity contribution >= 4 is 17.8 Å². The molecule has 7 nitrogen and oxygen atoms in total. The number of nitrogens with zero attached hydrogens (tertiary/aromatic N) is 1. The van der Waals surface area contributed by atoms with Crippen LogP contribution in [0.15, 0.2) is 42.5 Å². The highest BCUT2D eigenvalue weighted by molar-refractivity contribution is 6.21. The Morgan fingerprint density at radius 3 is 2.18 bits per heavy atom. The first kappa shape index (κ1) is 19.4. The molecule has 7 heteroatoms. The molecule has 28 heavy (non-hydrogen) atoms. The molecule has 146 valence electrons. The van der Waals surface area contributed by atoms with Gasteiger partial charge in [0.05, 0.1) is 38.4 Å². The van der Waals surface area contributed by atoms with E-state index in [1.54, 1.807) is 49.6 Å². The number of esters is 1. The van der Waals surface area contributed by atoms with Crippen LogP contribution in [0.3, 0.4) is 0 Å². The third-order valence-corrected chi connectivity index (χ3v) is 4.46. The molecule has 0 aromatic heterocycles. The Bertz CT molecular complexity index is 873. The maximum atomic E-state index is 12.3. The SMILES string of the molecule is COc1ccc(CC(=O)OCCCN2C(=O)c3ccccc3C2=O)cc1OC. The number of amides is 2. The summed E-state index contributed by atoms with van der Waals surface area (Å²) in [7, 11) is 3.07. The van der Waals surface area contributed by atoms with E-state index >= 15 is 0 Å². The van der Waals surface area contributed by atoms with Crippen molar-refractivity contribution in [3.63, 3.8) is 0 Å². The smallest absolute Gasteiger partial charge is 0.310 e. The summed E-state index contributed by atoms with van der Waals surface area (Å²) in [6.07, 6.45) is 0.469. The van der Waals surface area contributed by atoms with Crippen LogP contribution in [0.2, 0.25) is 0 Å². The standard InChI is InChI=1S/C21H21NO6/c1-26-17-9-8-14(12-18(17)27-2)13-19(23)28-11-5-10-22-20(24)15-6-3-4-7-16(15)21(22)25/h3-4,6-9,12H,5,10-11,13H2,1-2H3. The van der Waals surface area contributed by atoms with Gasteiger partial charge in [-0.15, -0.1) is 0 Å². The molecule has 0 radical (unpaired) electrons. The fourth-order valence-corrected chi connectivity index (χ4v) is 3.06. The van der Waals surface area contributed by atoms with E-state index in [-0.39, 0.29) is 31.4 Å². The lowest BCUT2D eigenvalue weighted by atomic mass is 10.1. The lowest BCUT2D eigenvalue weighted by Gasteiger charge is -2.13. The highest BCUT2D eigenvalue weighted by Crippen LogP contribution is 2.27. The first-order chi connectivity index (χ1) is 13.5. The zero-order chi connectivity index (χ0) is 20.1. The van der Waals surface area contributed by atoms with Crippen LogP contribution in [0, 0.1) is 0 Å². The van der Waals surface area contributed by atoms with E-state index in [4.69, 9.17) is 14.2 Å². The van der Waals surface area contributed by atoms with Gasteiger partial charge in [0.2, 0.25) is 0 Å². The van der Waals surface area contributed by atoms with Crippen molar-refractivity contribution in [1.82, 2.24) is 4.90 Å². The molecule has 2 aromatic rings. The monoisotopic (exact) mass is 383 g/mol. The van der Waals surface area contributed by atoms with Gasteiger partial charge in [0.1, 0.15) is 0 Å². The lowest BCUT2D eigenvalue weighted by Crippen LogP contribution is -2.31.